The number of rotatable bonds is 1. The van der Waals surface area contributed by atoms with E-state index in [0.29, 0.717) is 35.4 Å². The van der Waals surface area contributed by atoms with E-state index in [0.717, 1.165) is 51.6 Å². The average Bonchev–Trinajstić information content (AvgIpc) is 3.23. The topological polar surface area (TPSA) is 61.8 Å². The highest BCUT2D eigenvalue weighted by Gasteiger charge is 2.71. The third-order valence-corrected chi connectivity index (χ3v) is 12.1. The van der Waals surface area contributed by atoms with Gasteiger partial charge in [-0.15, -0.1) is 0 Å². The molecule has 2 heterocycles. The van der Waals surface area contributed by atoms with E-state index in [1.807, 2.05) is 0 Å². The highest BCUT2D eigenvalue weighted by Crippen LogP contribution is 2.70. The summed E-state index contributed by atoms with van der Waals surface area (Å²) in [6, 6.07) is 0. The van der Waals surface area contributed by atoms with Crippen molar-refractivity contribution in [1.29, 1.82) is 0 Å². The van der Waals surface area contributed by atoms with Crippen molar-refractivity contribution in [2.24, 2.45) is 52.3 Å². The molecular formula is C29H44O5. The Bertz CT molecular complexity index is 861. The van der Waals surface area contributed by atoms with Gasteiger partial charge in [-0.25, -0.2) is 0 Å². The third kappa shape index (κ3) is 3.11. The highest BCUT2D eigenvalue weighted by atomic mass is 16.7. The van der Waals surface area contributed by atoms with Crippen LogP contribution in [0.15, 0.2) is 0 Å². The standard InChI is InChI=1S/C29H44O5/c1-16-8-11-29(32-15-16)17(2)26-24(34-29)13-23-21-7-6-19-12-20(33-18(3)30)9-10-27(19,4)22(21)14-25(31)28(23,26)5/h16-17,19-24,26H,6-15H2,1-5H3/t16-,17+,19+,20-,21-,22+,23+,24+,26-,27+,28-,29+/m1/s1. The van der Waals surface area contributed by atoms with Gasteiger partial charge in [-0.3, -0.25) is 9.59 Å². The number of ether oxygens (including phenoxy) is 3. The van der Waals surface area contributed by atoms with Crippen molar-refractivity contribution in [3.8, 4) is 0 Å². The quantitative estimate of drug-likeness (QED) is 0.469. The Kier molecular flexibility index (Phi) is 5.37. The summed E-state index contributed by atoms with van der Waals surface area (Å²) in [6.45, 7) is 11.6. The van der Waals surface area contributed by atoms with Gasteiger partial charge >= 0.3 is 5.97 Å². The maximum atomic E-state index is 14.1. The molecule has 6 rings (SSSR count). The molecule has 2 saturated heterocycles. The van der Waals surface area contributed by atoms with Crippen molar-refractivity contribution >= 4 is 11.8 Å². The lowest BCUT2D eigenvalue weighted by Gasteiger charge is -2.60. The fourth-order valence-corrected chi connectivity index (χ4v) is 10.3. The smallest absolute Gasteiger partial charge is 0.302 e. The minimum absolute atomic E-state index is 0.0613. The molecule has 0 radical (unpaired) electrons. The van der Waals surface area contributed by atoms with E-state index in [9.17, 15) is 9.59 Å². The molecule has 12 atom stereocenters. The number of carbonyl (C=O) groups excluding carboxylic acids is 2. The number of hydrogen-bond acceptors (Lipinski definition) is 5. The zero-order chi connectivity index (χ0) is 24.0. The zero-order valence-corrected chi connectivity index (χ0v) is 21.8. The van der Waals surface area contributed by atoms with E-state index in [-0.39, 0.29) is 40.8 Å². The summed E-state index contributed by atoms with van der Waals surface area (Å²) >= 11 is 0. The molecule has 4 aliphatic carbocycles. The number of hydrogen-bond donors (Lipinski definition) is 0. The van der Waals surface area contributed by atoms with Crippen LogP contribution in [0.1, 0.15) is 92.4 Å². The van der Waals surface area contributed by atoms with Crippen LogP contribution in [0, 0.1) is 52.3 Å². The first-order valence-electron chi connectivity index (χ1n) is 14.1. The predicted octanol–water partition coefficient (Wildman–Crippen LogP) is 5.54. The number of ketones is 1. The van der Waals surface area contributed by atoms with Crippen molar-refractivity contribution < 1.29 is 23.8 Å². The first-order chi connectivity index (χ1) is 16.1. The molecule has 4 saturated carbocycles. The molecule has 0 aromatic carbocycles. The van der Waals surface area contributed by atoms with Crippen LogP contribution in [0.2, 0.25) is 0 Å². The van der Waals surface area contributed by atoms with Gasteiger partial charge in [0.1, 0.15) is 11.9 Å². The second-order valence-corrected chi connectivity index (χ2v) is 13.5. The Hall–Kier alpha value is -0.940. The van der Waals surface area contributed by atoms with Crippen LogP contribution in [-0.2, 0) is 23.8 Å². The van der Waals surface area contributed by atoms with E-state index in [1.165, 1.54) is 19.8 Å². The number of fused-ring (bicyclic) bond motifs is 7. The van der Waals surface area contributed by atoms with Crippen LogP contribution in [0.3, 0.4) is 0 Å². The summed E-state index contributed by atoms with van der Waals surface area (Å²) in [6.07, 6.45) is 9.47. The molecule has 5 heteroatoms. The van der Waals surface area contributed by atoms with Crippen molar-refractivity contribution in [2.45, 2.75) is 110 Å². The Balaban J connectivity index is 1.25. The van der Waals surface area contributed by atoms with Crippen LogP contribution in [-0.4, -0.2) is 36.4 Å². The third-order valence-electron chi connectivity index (χ3n) is 12.1. The van der Waals surface area contributed by atoms with E-state index in [2.05, 4.69) is 27.7 Å². The number of Topliss-reactive ketones (excluding diaryl/α,β-unsaturated/α-hetero) is 1. The molecule has 190 valence electrons. The van der Waals surface area contributed by atoms with Crippen LogP contribution >= 0.6 is 0 Å². The van der Waals surface area contributed by atoms with Gasteiger partial charge in [0.25, 0.3) is 0 Å². The van der Waals surface area contributed by atoms with E-state index in [1.54, 1.807) is 0 Å². The van der Waals surface area contributed by atoms with Crippen LogP contribution in [0.25, 0.3) is 0 Å². The Morgan fingerprint density at radius 3 is 2.53 bits per heavy atom. The number of carbonyl (C=O) groups is 2. The maximum absolute atomic E-state index is 14.1. The predicted molar refractivity (Wildman–Crippen MR) is 128 cm³/mol. The first kappa shape index (κ1) is 23.5. The first-order valence-corrected chi connectivity index (χ1v) is 14.1. The second-order valence-electron chi connectivity index (χ2n) is 13.5. The molecule has 0 unspecified atom stereocenters. The zero-order valence-electron chi connectivity index (χ0n) is 21.8. The van der Waals surface area contributed by atoms with Crippen molar-refractivity contribution in [3.63, 3.8) is 0 Å². The fourth-order valence-electron chi connectivity index (χ4n) is 10.3. The van der Waals surface area contributed by atoms with Gasteiger partial charge in [-0.2, -0.15) is 0 Å². The molecule has 34 heavy (non-hydrogen) atoms. The van der Waals surface area contributed by atoms with Gasteiger partial charge in [0.05, 0.1) is 12.7 Å². The second kappa shape index (κ2) is 7.78. The molecule has 5 nitrogen and oxygen atoms in total. The Morgan fingerprint density at radius 2 is 1.82 bits per heavy atom. The van der Waals surface area contributed by atoms with E-state index < -0.39 is 5.79 Å². The summed E-state index contributed by atoms with van der Waals surface area (Å²) in [7, 11) is 0. The van der Waals surface area contributed by atoms with Gasteiger partial charge in [0.2, 0.25) is 0 Å². The van der Waals surface area contributed by atoms with Gasteiger partial charge in [0.15, 0.2) is 5.79 Å². The minimum atomic E-state index is -0.467. The fraction of sp³-hybridized carbons (Fsp3) is 0.931. The SMILES string of the molecule is CC(=O)O[C@@H]1CC[C@@]2(C)[C@@H](CC[C@@H]3[C@@H]2CC(=O)[C@]2(C)[C@H]4[C@H](C[C@@H]32)O[C@@]2(CC[C@@H](C)CO2)[C@H]4C)C1. The lowest BCUT2D eigenvalue weighted by atomic mass is 9.44. The molecule has 2 aliphatic heterocycles. The van der Waals surface area contributed by atoms with E-state index >= 15 is 0 Å². The molecular weight excluding hydrogens is 428 g/mol. The highest BCUT2D eigenvalue weighted by molar-refractivity contribution is 5.87. The monoisotopic (exact) mass is 472 g/mol. The molecule has 0 N–H and O–H groups in total. The summed E-state index contributed by atoms with van der Waals surface area (Å²) < 4.78 is 18.8. The van der Waals surface area contributed by atoms with Crippen molar-refractivity contribution in [3.05, 3.63) is 0 Å². The molecule has 0 bridgehead atoms. The van der Waals surface area contributed by atoms with Crippen LogP contribution < -0.4 is 0 Å². The van der Waals surface area contributed by atoms with Crippen LogP contribution in [0.4, 0.5) is 0 Å². The largest absolute Gasteiger partial charge is 0.463 e. The Labute approximate surface area is 205 Å². The Morgan fingerprint density at radius 1 is 1.03 bits per heavy atom. The average molecular weight is 473 g/mol. The summed E-state index contributed by atoms with van der Waals surface area (Å²) in [5, 5.41) is 0. The normalized spacial score (nSPS) is 56.4. The van der Waals surface area contributed by atoms with Gasteiger partial charge in [-0.05, 0) is 80.0 Å². The molecule has 6 aliphatic rings. The molecule has 0 aromatic rings. The van der Waals surface area contributed by atoms with Crippen LogP contribution in [0.5, 0.6) is 0 Å². The van der Waals surface area contributed by atoms with E-state index in [4.69, 9.17) is 14.2 Å². The molecule has 6 fully saturated rings. The molecule has 1 spiro atoms. The van der Waals surface area contributed by atoms with Crippen molar-refractivity contribution in [1.82, 2.24) is 0 Å². The van der Waals surface area contributed by atoms with Crippen molar-refractivity contribution in [2.75, 3.05) is 6.61 Å². The molecule has 0 aromatic heterocycles. The summed E-state index contributed by atoms with van der Waals surface area (Å²) in [5.74, 6) is 3.07. The summed E-state index contributed by atoms with van der Waals surface area (Å²) in [4.78, 5) is 25.7. The lowest BCUT2D eigenvalue weighted by Crippen LogP contribution is -2.58. The van der Waals surface area contributed by atoms with Gasteiger partial charge in [-0.1, -0.05) is 27.7 Å². The van der Waals surface area contributed by atoms with Gasteiger partial charge in [0, 0.05) is 37.0 Å². The molecule has 0 amide bonds. The minimum Gasteiger partial charge on any atom is -0.463 e. The van der Waals surface area contributed by atoms with Gasteiger partial charge < -0.3 is 14.2 Å². The summed E-state index contributed by atoms with van der Waals surface area (Å²) in [5.41, 5.74) is -0.0934. The lowest BCUT2D eigenvalue weighted by molar-refractivity contribution is -0.272. The number of esters is 1. The maximum Gasteiger partial charge on any atom is 0.302 e.